The summed E-state index contributed by atoms with van der Waals surface area (Å²) in [5.41, 5.74) is 0. The predicted octanol–water partition coefficient (Wildman–Crippen LogP) is 2.95. The molecule has 15 heavy (non-hydrogen) atoms. The third-order valence-electron chi connectivity index (χ3n) is 3.20. The van der Waals surface area contributed by atoms with Gasteiger partial charge in [-0.2, -0.15) is 0 Å². The zero-order valence-corrected chi connectivity index (χ0v) is 10.8. The minimum absolute atomic E-state index is 0.344. The molecule has 1 aliphatic carbocycles. The lowest BCUT2D eigenvalue weighted by molar-refractivity contribution is 0.287. The summed E-state index contributed by atoms with van der Waals surface area (Å²) in [5.74, 6) is 0.981. The molecule has 0 radical (unpaired) electrons. The van der Waals surface area contributed by atoms with Gasteiger partial charge in [0, 0.05) is 12.6 Å². The van der Waals surface area contributed by atoms with Gasteiger partial charge in [0.15, 0.2) is 0 Å². The molecule has 1 fully saturated rings. The highest BCUT2D eigenvalue weighted by Gasteiger charge is 2.24. The first-order valence-electron chi connectivity index (χ1n) is 6.58. The van der Waals surface area contributed by atoms with Crippen molar-refractivity contribution in [1.29, 1.82) is 0 Å². The molecule has 2 heteroatoms. The summed E-state index contributed by atoms with van der Waals surface area (Å²) in [7, 11) is 2.10. The van der Waals surface area contributed by atoms with Crippen LogP contribution >= 0.6 is 0 Å². The van der Waals surface area contributed by atoms with E-state index in [2.05, 4.69) is 26.2 Å². The van der Waals surface area contributed by atoms with Gasteiger partial charge in [0.25, 0.3) is 0 Å². The monoisotopic (exact) mass is 215 g/mol. The van der Waals surface area contributed by atoms with E-state index in [1.165, 1.54) is 32.1 Å². The van der Waals surface area contributed by atoms with Gasteiger partial charge in [-0.05, 0) is 38.6 Å². The molecule has 0 aromatic carbocycles. The Hall–Kier alpha value is -0.0800. The van der Waals surface area contributed by atoms with Gasteiger partial charge < -0.3 is 10.4 Å². The molecule has 0 aromatic heterocycles. The lowest BCUT2D eigenvalue weighted by atomic mass is 9.98. The molecule has 0 aliphatic heterocycles. The van der Waals surface area contributed by atoms with Crippen molar-refractivity contribution in [3.05, 3.63) is 0 Å². The molecule has 92 valence electrons. The van der Waals surface area contributed by atoms with E-state index in [1.54, 1.807) is 0 Å². The highest BCUT2D eigenvalue weighted by molar-refractivity contribution is 4.81. The molecular weight excluding hydrogens is 186 g/mol. The maximum atomic E-state index is 8.07. The van der Waals surface area contributed by atoms with Crippen molar-refractivity contribution in [1.82, 2.24) is 5.32 Å². The van der Waals surface area contributed by atoms with Gasteiger partial charge in [0.05, 0.1) is 0 Å². The molecular formula is C13H29NO. The molecule has 0 amide bonds. The van der Waals surface area contributed by atoms with Gasteiger partial charge >= 0.3 is 0 Å². The standard InChI is InChI=1S/C9H19N.C4H10O/c1-3-5-8-6-4-7-9(8)10-2;1-2-3-4-5/h8-10H,3-7H2,1-2H3;5H,2-4H2,1H3. The van der Waals surface area contributed by atoms with Crippen LogP contribution in [0.4, 0.5) is 0 Å². The first-order valence-corrected chi connectivity index (χ1v) is 6.58. The highest BCUT2D eigenvalue weighted by Crippen LogP contribution is 2.28. The average molecular weight is 215 g/mol. The van der Waals surface area contributed by atoms with Crippen LogP contribution < -0.4 is 5.32 Å². The van der Waals surface area contributed by atoms with Gasteiger partial charge in [-0.25, -0.2) is 0 Å². The van der Waals surface area contributed by atoms with Gasteiger partial charge in [0.1, 0.15) is 0 Å². The molecule has 1 saturated carbocycles. The van der Waals surface area contributed by atoms with E-state index in [-0.39, 0.29) is 0 Å². The molecule has 2 unspecified atom stereocenters. The molecule has 0 aromatic rings. The summed E-state index contributed by atoms with van der Waals surface area (Å²) in [4.78, 5) is 0. The first-order chi connectivity index (χ1) is 7.29. The molecule has 1 aliphatic rings. The molecule has 0 spiro atoms. The maximum absolute atomic E-state index is 8.07. The quantitative estimate of drug-likeness (QED) is 0.739. The number of rotatable bonds is 5. The third kappa shape index (κ3) is 6.91. The average Bonchev–Trinajstić information content (AvgIpc) is 2.68. The van der Waals surface area contributed by atoms with Crippen molar-refractivity contribution < 1.29 is 5.11 Å². The fraction of sp³-hybridized carbons (Fsp3) is 1.00. The van der Waals surface area contributed by atoms with Crippen LogP contribution in [0, 0.1) is 5.92 Å². The molecule has 0 saturated heterocycles. The predicted molar refractivity (Wildman–Crippen MR) is 67.1 cm³/mol. The SMILES string of the molecule is CCCC1CCCC1NC.CCCCO. The largest absolute Gasteiger partial charge is 0.396 e. The number of aliphatic hydroxyl groups excluding tert-OH is 1. The first kappa shape index (κ1) is 14.9. The molecule has 1 rings (SSSR count). The summed E-state index contributed by atoms with van der Waals surface area (Å²) in [6.45, 7) is 4.68. The Balaban J connectivity index is 0.000000336. The number of unbranched alkanes of at least 4 members (excludes halogenated alkanes) is 1. The smallest absolute Gasteiger partial charge is 0.0430 e. The number of nitrogens with one attached hydrogen (secondary N) is 1. The molecule has 0 bridgehead atoms. The maximum Gasteiger partial charge on any atom is 0.0430 e. The zero-order chi connectivity index (χ0) is 11.5. The van der Waals surface area contributed by atoms with E-state index < -0.39 is 0 Å². The lowest BCUT2D eigenvalue weighted by Gasteiger charge is -2.17. The lowest BCUT2D eigenvalue weighted by Crippen LogP contribution is -2.28. The van der Waals surface area contributed by atoms with Gasteiger partial charge in [-0.15, -0.1) is 0 Å². The van der Waals surface area contributed by atoms with Crippen molar-refractivity contribution in [2.75, 3.05) is 13.7 Å². The van der Waals surface area contributed by atoms with E-state index in [0.29, 0.717) is 6.61 Å². The minimum atomic E-state index is 0.344. The van der Waals surface area contributed by atoms with Crippen LogP contribution in [0.25, 0.3) is 0 Å². The molecule has 0 heterocycles. The van der Waals surface area contributed by atoms with E-state index in [4.69, 9.17) is 5.11 Å². The second-order valence-electron chi connectivity index (χ2n) is 4.45. The van der Waals surface area contributed by atoms with Crippen molar-refractivity contribution >= 4 is 0 Å². The summed E-state index contributed by atoms with van der Waals surface area (Å²) >= 11 is 0. The van der Waals surface area contributed by atoms with E-state index >= 15 is 0 Å². The van der Waals surface area contributed by atoms with Crippen molar-refractivity contribution in [3.63, 3.8) is 0 Å². The fourth-order valence-corrected chi connectivity index (χ4v) is 2.29. The summed E-state index contributed by atoms with van der Waals surface area (Å²) in [6, 6.07) is 0.833. The van der Waals surface area contributed by atoms with Crippen LogP contribution in [0.3, 0.4) is 0 Å². The Labute approximate surface area is 95.5 Å². The van der Waals surface area contributed by atoms with Crippen molar-refractivity contribution in [3.8, 4) is 0 Å². The number of hydrogen-bond acceptors (Lipinski definition) is 2. The Morgan fingerprint density at radius 3 is 2.33 bits per heavy atom. The Morgan fingerprint density at radius 2 is 1.93 bits per heavy atom. The number of hydrogen-bond donors (Lipinski definition) is 2. The Morgan fingerprint density at radius 1 is 1.20 bits per heavy atom. The van der Waals surface area contributed by atoms with E-state index in [1.807, 2.05) is 0 Å². The van der Waals surface area contributed by atoms with E-state index in [0.717, 1.165) is 24.8 Å². The molecule has 2 nitrogen and oxygen atoms in total. The third-order valence-corrected chi connectivity index (χ3v) is 3.20. The summed E-state index contributed by atoms with van der Waals surface area (Å²) in [6.07, 6.45) is 9.11. The second kappa shape index (κ2) is 10.4. The van der Waals surface area contributed by atoms with E-state index in [9.17, 15) is 0 Å². The zero-order valence-electron chi connectivity index (χ0n) is 10.8. The molecule has 2 N–H and O–H groups in total. The second-order valence-corrected chi connectivity index (χ2v) is 4.45. The van der Waals surface area contributed by atoms with Crippen LogP contribution in [-0.2, 0) is 0 Å². The number of aliphatic hydroxyl groups is 1. The van der Waals surface area contributed by atoms with Crippen LogP contribution in [0.1, 0.15) is 58.8 Å². The van der Waals surface area contributed by atoms with Gasteiger partial charge in [-0.1, -0.05) is 33.1 Å². The van der Waals surface area contributed by atoms with Crippen LogP contribution in [0.15, 0.2) is 0 Å². The van der Waals surface area contributed by atoms with Crippen LogP contribution in [0.5, 0.6) is 0 Å². The Bertz CT molecular complexity index is 126. The van der Waals surface area contributed by atoms with Crippen molar-refractivity contribution in [2.24, 2.45) is 5.92 Å². The topological polar surface area (TPSA) is 32.3 Å². The minimum Gasteiger partial charge on any atom is -0.396 e. The van der Waals surface area contributed by atoms with Gasteiger partial charge in [-0.3, -0.25) is 0 Å². The highest BCUT2D eigenvalue weighted by atomic mass is 16.2. The van der Waals surface area contributed by atoms with Crippen LogP contribution in [0.2, 0.25) is 0 Å². The van der Waals surface area contributed by atoms with Crippen molar-refractivity contribution in [2.45, 2.75) is 64.8 Å². The summed E-state index contributed by atoms with van der Waals surface area (Å²) in [5, 5.41) is 11.5. The van der Waals surface area contributed by atoms with Gasteiger partial charge in [0.2, 0.25) is 0 Å². The molecule has 2 atom stereocenters. The van der Waals surface area contributed by atoms with Crippen LogP contribution in [-0.4, -0.2) is 24.8 Å². The fourth-order valence-electron chi connectivity index (χ4n) is 2.29. The normalized spacial score (nSPS) is 24.8. The Kier molecular flexibility index (Phi) is 10.4. The summed E-state index contributed by atoms with van der Waals surface area (Å²) < 4.78 is 0.